The highest BCUT2D eigenvalue weighted by atomic mass is 16.7. The summed E-state index contributed by atoms with van der Waals surface area (Å²) in [4.78, 5) is 16.3. The number of hydrogen-bond donors (Lipinski definition) is 0. The molecule has 0 saturated carbocycles. The van der Waals surface area contributed by atoms with E-state index >= 15 is 0 Å². The molecule has 1 aliphatic rings. The number of hydrogen-bond acceptors (Lipinski definition) is 3. The van der Waals surface area contributed by atoms with Crippen molar-refractivity contribution >= 4 is 5.78 Å². The van der Waals surface area contributed by atoms with Crippen molar-refractivity contribution in [2.45, 2.75) is 13.3 Å². The Morgan fingerprint density at radius 3 is 3.17 bits per heavy atom. The van der Waals surface area contributed by atoms with Gasteiger partial charge in [0.25, 0.3) is 0 Å². The van der Waals surface area contributed by atoms with Crippen LogP contribution in [0.2, 0.25) is 0 Å². The van der Waals surface area contributed by atoms with Gasteiger partial charge in [0.2, 0.25) is 0 Å². The number of Topliss-reactive ketones (excluding diaryl/α,β-unsaturated/α-hetero) is 1. The van der Waals surface area contributed by atoms with E-state index in [4.69, 9.17) is 11.3 Å². The van der Waals surface area contributed by atoms with E-state index in [0.717, 1.165) is 0 Å². The van der Waals surface area contributed by atoms with Gasteiger partial charge in [0, 0.05) is 25.4 Å². The lowest BCUT2D eigenvalue weighted by Crippen LogP contribution is -2.39. The number of piperidine rings is 1. The maximum atomic E-state index is 11.1. The molecule has 1 rings (SSSR count). The Morgan fingerprint density at radius 1 is 1.83 bits per heavy atom. The van der Waals surface area contributed by atoms with Gasteiger partial charge in [-0.05, 0) is 0 Å². The fourth-order valence-electron chi connectivity index (χ4n) is 1.23. The zero-order valence-electron chi connectivity index (χ0n) is 7.25. The molecule has 0 radical (unpaired) electrons. The average Bonchev–Trinajstić information content (AvgIpc) is 2.07. The first kappa shape index (κ1) is 9.24. The van der Waals surface area contributed by atoms with E-state index in [0.29, 0.717) is 31.9 Å². The molecular weight excluding hydrogens is 154 g/mol. The van der Waals surface area contributed by atoms with Crippen LogP contribution < -0.4 is 0 Å². The predicted molar refractivity (Wildman–Crippen MR) is 45.1 cm³/mol. The molecule has 1 fully saturated rings. The fourth-order valence-corrected chi connectivity index (χ4v) is 1.23. The van der Waals surface area contributed by atoms with E-state index in [1.165, 1.54) is 0 Å². The summed E-state index contributed by atoms with van der Waals surface area (Å²) in [6, 6.07) is 0. The number of rotatable bonds is 2. The van der Waals surface area contributed by atoms with Crippen molar-refractivity contribution in [3.05, 3.63) is 0 Å². The topological polar surface area (TPSA) is 29.5 Å². The minimum Gasteiger partial charge on any atom is -0.299 e. The second-order valence-electron chi connectivity index (χ2n) is 2.98. The van der Waals surface area contributed by atoms with Gasteiger partial charge in [-0.15, -0.1) is 6.42 Å². The molecule has 1 saturated heterocycles. The molecule has 1 heterocycles. The lowest BCUT2D eigenvalue weighted by Gasteiger charge is -2.28. The van der Waals surface area contributed by atoms with E-state index in [9.17, 15) is 4.79 Å². The third kappa shape index (κ3) is 2.33. The van der Waals surface area contributed by atoms with Crippen molar-refractivity contribution in [1.82, 2.24) is 5.06 Å². The average molecular weight is 167 g/mol. The summed E-state index contributed by atoms with van der Waals surface area (Å²) in [6.07, 6.45) is 5.61. The molecule has 0 spiro atoms. The monoisotopic (exact) mass is 167 g/mol. The molecular formula is C9H13NO2. The maximum Gasteiger partial charge on any atom is 0.138 e. The minimum absolute atomic E-state index is 0.0801. The number of carbonyl (C=O) groups is 1. The minimum atomic E-state index is 0.0801. The molecule has 0 N–H and O–H groups in total. The van der Waals surface area contributed by atoms with E-state index < -0.39 is 0 Å². The number of terminal acetylenes is 1. The van der Waals surface area contributed by atoms with Gasteiger partial charge in [0.1, 0.15) is 12.4 Å². The van der Waals surface area contributed by atoms with Crippen LogP contribution in [0.5, 0.6) is 0 Å². The Kier molecular flexibility index (Phi) is 3.27. The largest absolute Gasteiger partial charge is 0.299 e. The van der Waals surface area contributed by atoms with Crippen molar-refractivity contribution in [2.24, 2.45) is 5.92 Å². The molecule has 0 aromatic rings. The molecule has 3 heteroatoms. The van der Waals surface area contributed by atoms with Gasteiger partial charge in [-0.2, -0.15) is 5.06 Å². The third-order valence-electron chi connectivity index (χ3n) is 1.97. The van der Waals surface area contributed by atoms with Gasteiger partial charge in [-0.25, -0.2) is 0 Å². The first-order chi connectivity index (χ1) is 5.74. The number of carbonyl (C=O) groups excluding carboxylic acids is 1. The van der Waals surface area contributed by atoms with Crippen molar-refractivity contribution < 1.29 is 9.63 Å². The van der Waals surface area contributed by atoms with E-state index in [1.54, 1.807) is 5.06 Å². The third-order valence-corrected chi connectivity index (χ3v) is 1.97. The van der Waals surface area contributed by atoms with E-state index in [-0.39, 0.29) is 5.92 Å². The summed E-state index contributed by atoms with van der Waals surface area (Å²) >= 11 is 0. The molecule has 0 aliphatic carbocycles. The summed E-state index contributed by atoms with van der Waals surface area (Å²) in [5, 5.41) is 1.77. The highest BCUT2D eigenvalue weighted by Crippen LogP contribution is 2.11. The highest BCUT2D eigenvalue weighted by molar-refractivity contribution is 5.81. The summed E-state index contributed by atoms with van der Waals surface area (Å²) in [5.41, 5.74) is 0. The zero-order chi connectivity index (χ0) is 8.97. The van der Waals surface area contributed by atoms with Gasteiger partial charge in [-0.3, -0.25) is 9.63 Å². The summed E-state index contributed by atoms with van der Waals surface area (Å²) in [7, 11) is 0. The summed E-state index contributed by atoms with van der Waals surface area (Å²) in [6.45, 7) is 3.54. The maximum absolute atomic E-state index is 11.1. The Hall–Kier alpha value is -0.850. The van der Waals surface area contributed by atoms with E-state index in [1.807, 2.05) is 6.92 Å². The molecule has 1 unspecified atom stereocenters. The normalized spacial score (nSPS) is 25.3. The Bertz CT molecular complexity index is 207. The molecule has 0 aromatic heterocycles. The molecule has 1 atom stereocenters. The quantitative estimate of drug-likeness (QED) is 0.560. The second-order valence-corrected chi connectivity index (χ2v) is 2.98. The van der Waals surface area contributed by atoms with Crippen molar-refractivity contribution in [3.63, 3.8) is 0 Å². The number of nitrogens with zero attached hydrogens (tertiary/aromatic N) is 1. The van der Waals surface area contributed by atoms with Crippen LogP contribution in [-0.4, -0.2) is 30.5 Å². The fraction of sp³-hybridized carbons (Fsp3) is 0.667. The predicted octanol–water partition coefficient (Wildman–Crippen LogP) is 0.462. The second kappa shape index (κ2) is 4.24. The smallest absolute Gasteiger partial charge is 0.138 e. The van der Waals surface area contributed by atoms with Gasteiger partial charge in [-0.1, -0.05) is 12.8 Å². The van der Waals surface area contributed by atoms with E-state index in [2.05, 4.69) is 5.92 Å². The Labute approximate surface area is 72.6 Å². The molecule has 1 aliphatic heterocycles. The summed E-state index contributed by atoms with van der Waals surface area (Å²) < 4.78 is 0. The van der Waals surface area contributed by atoms with Crippen LogP contribution in [0.4, 0.5) is 0 Å². The first-order valence-corrected chi connectivity index (χ1v) is 4.08. The van der Waals surface area contributed by atoms with Crippen molar-refractivity contribution in [1.29, 1.82) is 0 Å². The highest BCUT2D eigenvalue weighted by Gasteiger charge is 2.23. The van der Waals surface area contributed by atoms with Gasteiger partial charge in [0.05, 0.1) is 0 Å². The molecule has 0 aromatic carbocycles. The SMILES string of the molecule is C#CCON1CCC(=O)C(C)C1. The van der Waals surface area contributed by atoms with Crippen molar-refractivity contribution in [2.75, 3.05) is 19.7 Å². The lowest BCUT2D eigenvalue weighted by atomic mass is 10.0. The number of ketones is 1. The molecule has 0 amide bonds. The molecule has 12 heavy (non-hydrogen) atoms. The standard InChI is InChI=1S/C9H13NO2/c1-3-6-12-10-5-4-9(11)8(2)7-10/h1,8H,4-7H2,2H3. The Morgan fingerprint density at radius 2 is 2.58 bits per heavy atom. The molecule has 66 valence electrons. The lowest BCUT2D eigenvalue weighted by molar-refractivity contribution is -0.171. The molecule has 3 nitrogen and oxygen atoms in total. The zero-order valence-corrected chi connectivity index (χ0v) is 7.25. The van der Waals surface area contributed by atoms with Crippen LogP contribution in [0, 0.1) is 18.3 Å². The van der Waals surface area contributed by atoms with Crippen LogP contribution >= 0.6 is 0 Å². The summed E-state index contributed by atoms with van der Waals surface area (Å²) in [5.74, 6) is 2.79. The first-order valence-electron chi connectivity index (χ1n) is 4.08. The van der Waals surface area contributed by atoms with Crippen LogP contribution in [-0.2, 0) is 9.63 Å². The van der Waals surface area contributed by atoms with Gasteiger partial charge >= 0.3 is 0 Å². The van der Waals surface area contributed by atoms with Crippen molar-refractivity contribution in [3.8, 4) is 12.3 Å². The van der Waals surface area contributed by atoms with Crippen LogP contribution in [0.3, 0.4) is 0 Å². The van der Waals surface area contributed by atoms with Gasteiger partial charge < -0.3 is 0 Å². The van der Waals surface area contributed by atoms with Crippen LogP contribution in [0.1, 0.15) is 13.3 Å². The number of hydroxylamine groups is 2. The van der Waals surface area contributed by atoms with Gasteiger partial charge in [0.15, 0.2) is 0 Å². The Balaban J connectivity index is 2.31. The molecule has 0 bridgehead atoms. The van der Waals surface area contributed by atoms with Crippen LogP contribution in [0.25, 0.3) is 0 Å². The van der Waals surface area contributed by atoms with Crippen LogP contribution in [0.15, 0.2) is 0 Å².